The van der Waals surface area contributed by atoms with E-state index in [1.807, 2.05) is 0 Å². The molecule has 1 aromatic rings. The van der Waals surface area contributed by atoms with E-state index in [9.17, 15) is 19.5 Å². The van der Waals surface area contributed by atoms with E-state index < -0.39 is 17.4 Å². The molecule has 0 bridgehead atoms. The summed E-state index contributed by atoms with van der Waals surface area (Å²) in [6.45, 7) is 0.227. The second-order valence-corrected chi connectivity index (χ2v) is 5.57. The minimum atomic E-state index is -1.01. The van der Waals surface area contributed by atoms with Crippen LogP contribution in [0.3, 0.4) is 0 Å². The first-order valence-corrected chi connectivity index (χ1v) is 6.98. The lowest BCUT2D eigenvalue weighted by Crippen LogP contribution is -2.66. The smallest absolute Gasteiger partial charge is 0.330 e. The number of imide groups is 2. The van der Waals surface area contributed by atoms with Gasteiger partial charge in [0.1, 0.15) is 11.2 Å². The number of phenolic OH excluding ortho intramolecular Hbond substituents is 1. The van der Waals surface area contributed by atoms with E-state index in [2.05, 4.69) is 5.32 Å². The predicted octanol–water partition coefficient (Wildman–Crippen LogP) is 1.18. The average molecular weight is 288 g/mol. The zero-order valence-electron chi connectivity index (χ0n) is 11.5. The van der Waals surface area contributed by atoms with E-state index in [0.717, 1.165) is 16.9 Å². The van der Waals surface area contributed by atoms with Crippen LogP contribution in [0.15, 0.2) is 24.3 Å². The third kappa shape index (κ3) is 2.16. The highest BCUT2D eigenvalue weighted by atomic mass is 16.3. The summed E-state index contributed by atoms with van der Waals surface area (Å²) in [5, 5.41) is 11.5. The topological polar surface area (TPSA) is 86.7 Å². The van der Waals surface area contributed by atoms with E-state index >= 15 is 0 Å². The summed E-state index contributed by atoms with van der Waals surface area (Å²) in [4.78, 5) is 37.3. The van der Waals surface area contributed by atoms with Crippen LogP contribution in [-0.4, -0.2) is 34.4 Å². The Bertz CT molecular complexity index is 605. The summed E-state index contributed by atoms with van der Waals surface area (Å²) >= 11 is 0. The van der Waals surface area contributed by atoms with Gasteiger partial charge in [-0.1, -0.05) is 18.6 Å². The number of carbonyl (C=O) groups is 3. The number of aromatic hydroxyl groups is 1. The second-order valence-electron chi connectivity index (χ2n) is 5.57. The van der Waals surface area contributed by atoms with Gasteiger partial charge in [-0.15, -0.1) is 0 Å². The summed E-state index contributed by atoms with van der Waals surface area (Å²) in [7, 11) is 0. The molecule has 4 amide bonds. The fourth-order valence-electron chi connectivity index (χ4n) is 2.81. The maximum absolute atomic E-state index is 12.4. The largest absolute Gasteiger partial charge is 0.508 e. The van der Waals surface area contributed by atoms with Crippen LogP contribution in [0.25, 0.3) is 0 Å². The van der Waals surface area contributed by atoms with Gasteiger partial charge in [0.25, 0.3) is 0 Å². The summed E-state index contributed by atoms with van der Waals surface area (Å²) < 4.78 is 0. The Balaban J connectivity index is 1.72. The van der Waals surface area contributed by atoms with Gasteiger partial charge in [-0.3, -0.25) is 19.8 Å². The highest BCUT2D eigenvalue weighted by Crippen LogP contribution is 2.44. The average Bonchev–Trinajstić information content (AvgIpc) is 2.38. The fourth-order valence-corrected chi connectivity index (χ4v) is 2.81. The van der Waals surface area contributed by atoms with Gasteiger partial charge >= 0.3 is 6.03 Å². The monoisotopic (exact) mass is 288 g/mol. The van der Waals surface area contributed by atoms with Crippen LogP contribution in [-0.2, 0) is 16.0 Å². The Morgan fingerprint density at radius 1 is 1.14 bits per heavy atom. The van der Waals surface area contributed by atoms with Crippen LogP contribution < -0.4 is 5.32 Å². The third-order valence-corrected chi connectivity index (χ3v) is 4.32. The molecule has 1 saturated heterocycles. The molecular formula is C15H16N2O4. The zero-order valence-corrected chi connectivity index (χ0v) is 11.5. The minimum Gasteiger partial charge on any atom is -0.508 e. The zero-order chi connectivity index (χ0) is 15.0. The van der Waals surface area contributed by atoms with Crippen LogP contribution in [0.4, 0.5) is 4.79 Å². The van der Waals surface area contributed by atoms with Gasteiger partial charge in [0.05, 0.1) is 0 Å². The SMILES string of the molecule is O=C1NC(=O)C2(CCC2)C(=O)N1CCc1ccc(O)cc1. The van der Waals surface area contributed by atoms with E-state index in [1.165, 1.54) is 0 Å². The van der Waals surface area contributed by atoms with Gasteiger partial charge in [-0.25, -0.2) is 4.79 Å². The lowest BCUT2D eigenvalue weighted by Gasteiger charge is -2.44. The molecular weight excluding hydrogens is 272 g/mol. The standard InChI is InChI=1S/C15H16N2O4/c18-11-4-2-10(3-5-11)6-9-17-13(20)15(7-1-8-15)12(19)16-14(17)21/h2-5,18H,1,6-9H2,(H,16,19,21). The number of phenols is 1. The van der Waals surface area contributed by atoms with Crippen molar-refractivity contribution in [2.24, 2.45) is 5.41 Å². The normalized spacial score (nSPS) is 20.4. The van der Waals surface area contributed by atoms with Crippen molar-refractivity contribution in [2.75, 3.05) is 6.54 Å². The molecule has 0 atom stereocenters. The quantitative estimate of drug-likeness (QED) is 0.818. The number of hydrogen-bond donors (Lipinski definition) is 2. The van der Waals surface area contributed by atoms with Gasteiger partial charge < -0.3 is 5.11 Å². The molecule has 1 aliphatic heterocycles. The van der Waals surface area contributed by atoms with Crippen LogP contribution >= 0.6 is 0 Å². The molecule has 110 valence electrons. The molecule has 0 aromatic heterocycles. The lowest BCUT2D eigenvalue weighted by molar-refractivity contribution is -0.157. The summed E-state index contributed by atoms with van der Waals surface area (Å²) in [5.41, 5.74) is -0.101. The Hall–Kier alpha value is -2.37. The Morgan fingerprint density at radius 2 is 1.81 bits per heavy atom. The molecule has 21 heavy (non-hydrogen) atoms. The summed E-state index contributed by atoms with van der Waals surface area (Å²) in [5.74, 6) is -0.657. The molecule has 1 aromatic carbocycles. The van der Waals surface area contributed by atoms with Gasteiger partial charge in [-0.05, 0) is 37.0 Å². The maximum Gasteiger partial charge on any atom is 0.330 e. The van der Waals surface area contributed by atoms with E-state index in [0.29, 0.717) is 19.3 Å². The molecule has 2 aliphatic rings. The number of carbonyl (C=O) groups excluding carboxylic acids is 3. The molecule has 1 heterocycles. The van der Waals surface area contributed by atoms with E-state index in [1.54, 1.807) is 24.3 Å². The molecule has 0 radical (unpaired) electrons. The van der Waals surface area contributed by atoms with Crippen molar-refractivity contribution in [3.63, 3.8) is 0 Å². The minimum absolute atomic E-state index is 0.171. The lowest BCUT2D eigenvalue weighted by atomic mass is 9.66. The van der Waals surface area contributed by atoms with Gasteiger partial charge in [0.15, 0.2) is 0 Å². The van der Waals surface area contributed by atoms with Crippen molar-refractivity contribution in [3.8, 4) is 5.75 Å². The number of amides is 4. The molecule has 0 unspecified atom stereocenters. The van der Waals surface area contributed by atoms with Crippen molar-refractivity contribution >= 4 is 17.8 Å². The number of hydrogen-bond acceptors (Lipinski definition) is 4. The van der Waals surface area contributed by atoms with Crippen molar-refractivity contribution in [1.29, 1.82) is 0 Å². The Morgan fingerprint density at radius 3 is 2.38 bits per heavy atom. The maximum atomic E-state index is 12.4. The molecule has 3 rings (SSSR count). The molecule has 6 heteroatoms. The summed E-state index contributed by atoms with van der Waals surface area (Å²) in [6, 6.07) is 5.97. The van der Waals surface area contributed by atoms with Crippen molar-refractivity contribution in [2.45, 2.75) is 25.7 Å². The van der Waals surface area contributed by atoms with Crippen molar-refractivity contribution < 1.29 is 19.5 Å². The second kappa shape index (κ2) is 4.87. The molecule has 1 spiro atoms. The van der Waals surface area contributed by atoms with E-state index in [4.69, 9.17) is 0 Å². The molecule has 1 aliphatic carbocycles. The van der Waals surface area contributed by atoms with Gasteiger partial charge in [0.2, 0.25) is 11.8 Å². The Kier molecular flexibility index (Phi) is 3.16. The van der Waals surface area contributed by atoms with Crippen LogP contribution in [0.1, 0.15) is 24.8 Å². The van der Waals surface area contributed by atoms with Crippen LogP contribution in [0, 0.1) is 5.41 Å². The first-order valence-electron chi connectivity index (χ1n) is 6.98. The highest BCUT2D eigenvalue weighted by Gasteiger charge is 2.57. The molecule has 2 N–H and O–H groups in total. The number of nitrogens with zero attached hydrogens (tertiary/aromatic N) is 1. The molecule has 2 fully saturated rings. The Labute approximate surface area is 121 Å². The number of nitrogens with one attached hydrogen (secondary N) is 1. The van der Waals surface area contributed by atoms with Crippen LogP contribution in [0.2, 0.25) is 0 Å². The number of benzene rings is 1. The summed E-state index contributed by atoms with van der Waals surface area (Å²) in [6.07, 6.45) is 2.35. The fraction of sp³-hybridized carbons (Fsp3) is 0.400. The van der Waals surface area contributed by atoms with Gasteiger partial charge in [0, 0.05) is 6.54 Å². The predicted molar refractivity (Wildman–Crippen MR) is 73.3 cm³/mol. The highest BCUT2D eigenvalue weighted by molar-refractivity contribution is 6.19. The first kappa shape index (κ1) is 13.6. The van der Waals surface area contributed by atoms with Crippen molar-refractivity contribution in [3.05, 3.63) is 29.8 Å². The van der Waals surface area contributed by atoms with E-state index in [-0.39, 0.29) is 18.2 Å². The number of barbiturate groups is 1. The number of urea groups is 1. The molecule has 1 saturated carbocycles. The molecule has 6 nitrogen and oxygen atoms in total. The third-order valence-electron chi connectivity index (χ3n) is 4.32. The number of rotatable bonds is 3. The van der Waals surface area contributed by atoms with Crippen LogP contribution in [0.5, 0.6) is 5.75 Å². The van der Waals surface area contributed by atoms with Gasteiger partial charge in [-0.2, -0.15) is 0 Å². The van der Waals surface area contributed by atoms with Crippen molar-refractivity contribution in [1.82, 2.24) is 10.2 Å². The first-order chi connectivity index (χ1) is 10.0.